The van der Waals surface area contributed by atoms with Crippen LogP contribution in [0.4, 0.5) is 5.82 Å². The molecule has 1 atom stereocenters. The van der Waals surface area contributed by atoms with E-state index in [-0.39, 0.29) is 17.9 Å². The maximum absolute atomic E-state index is 12.2. The second-order valence-corrected chi connectivity index (χ2v) is 7.26. The molecule has 8 nitrogen and oxygen atoms in total. The lowest BCUT2D eigenvalue weighted by Crippen LogP contribution is -2.47. The predicted octanol–water partition coefficient (Wildman–Crippen LogP) is 0.620. The zero-order chi connectivity index (χ0) is 18.7. The molecule has 0 aromatic carbocycles. The zero-order valence-electron chi connectivity index (χ0n) is 15.7. The van der Waals surface area contributed by atoms with Crippen LogP contribution < -0.4 is 10.6 Å². The Morgan fingerprint density at radius 2 is 2.23 bits per heavy atom. The number of anilines is 1. The molecule has 1 unspecified atom stereocenters. The molecule has 1 fully saturated rings. The standard InChI is InChI=1S/C18H27N5O3/c1-11(2)8-15-21-16-14(4-5-19-18(16)25)17(22-15)20-9-13-10-23(12(3)24)6-7-26-13/h11,13H,4-10H2,1-3H3,(H,19,25)(H,20,21,22). The third kappa shape index (κ3) is 4.30. The zero-order valence-corrected chi connectivity index (χ0v) is 15.7. The second kappa shape index (κ2) is 7.99. The number of amides is 2. The third-order valence-corrected chi connectivity index (χ3v) is 4.60. The Kier molecular flexibility index (Phi) is 5.70. The van der Waals surface area contributed by atoms with Crippen LogP contribution in [-0.4, -0.2) is 65.6 Å². The molecule has 0 aliphatic carbocycles. The summed E-state index contributed by atoms with van der Waals surface area (Å²) in [4.78, 5) is 34.7. The van der Waals surface area contributed by atoms with E-state index in [1.807, 2.05) is 0 Å². The van der Waals surface area contributed by atoms with Crippen LogP contribution in [0.1, 0.15) is 42.6 Å². The van der Waals surface area contributed by atoms with Gasteiger partial charge in [0.1, 0.15) is 17.3 Å². The first-order valence-corrected chi connectivity index (χ1v) is 9.23. The molecular weight excluding hydrogens is 334 g/mol. The number of hydrogen-bond donors (Lipinski definition) is 2. The van der Waals surface area contributed by atoms with Crippen LogP contribution >= 0.6 is 0 Å². The Morgan fingerprint density at radius 1 is 1.42 bits per heavy atom. The van der Waals surface area contributed by atoms with Gasteiger partial charge >= 0.3 is 0 Å². The van der Waals surface area contributed by atoms with Gasteiger partial charge in [-0.05, 0) is 12.3 Å². The highest BCUT2D eigenvalue weighted by Gasteiger charge is 2.26. The number of carbonyl (C=O) groups is 2. The maximum atomic E-state index is 12.2. The summed E-state index contributed by atoms with van der Waals surface area (Å²) >= 11 is 0. The van der Waals surface area contributed by atoms with Crippen LogP contribution in [0.25, 0.3) is 0 Å². The Hall–Kier alpha value is -2.22. The molecule has 2 amide bonds. The van der Waals surface area contributed by atoms with Crippen molar-refractivity contribution >= 4 is 17.6 Å². The van der Waals surface area contributed by atoms with Crippen molar-refractivity contribution in [2.45, 2.75) is 39.7 Å². The summed E-state index contributed by atoms with van der Waals surface area (Å²) in [7, 11) is 0. The van der Waals surface area contributed by atoms with E-state index in [0.29, 0.717) is 68.9 Å². The number of carbonyl (C=O) groups excluding carboxylic acids is 2. The van der Waals surface area contributed by atoms with Gasteiger partial charge in [-0.25, -0.2) is 9.97 Å². The van der Waals surface area contributed by atoms with Crippen LogP contribution in [0, 0.1) is 5.92 Å². The topological polar surface area (TPSA) is 96.4 Å². The summed E-state index contributed by atoms with van der Waals surface area (Å²) < 4.78 is 5.76. The van der Waals surface area contributed by atoms with Crippen LogP contribution in [0.2, 0.25) is 0 Å². The fourth-order valence-electron chi connectivity index (χ4n) is 3.28. The van der Waals surface area contributed by atoms with Crippen molar-refractivity contribution in [1.82, 2.24) is 20.2 Å². The summed E-state index contributed by atoms with van der Waals surface area (Å²) in [6.07, 6.45) is 1.33. The summed E-state index contributed by atoms with van der Waals surface area (Å²) in [6, 6.07) is 0. The number of nitrogens with one attached hydrogen (secondary N) is 2. The molecular formula is C18H27N5O3. The summed E-state index contributed by atoms with van der Waals surface area (Å²) in [6.45, 7) is 8.64. The van der Waals surface area contributed by atoms with E-state index < -0.39 is 0 Å². The maximum Gasteiger partial charge on any atom is 0.270 e. The average Bonchev–Trinajstić information content (AvgIpc) is 2.60. The van der Waals surface area contributed by atoms with Crippen molar-refractivity contribution in [3.63, 3.8) is 0 Å². The van der Waals surface area contributed by atoms with Gasteiger partial charge in [0.15, 0.2) is 0 Å². The first kappa shape index (κ1) is 18.6. The van der Waals surface area contributed by atoms with Crippen LogP contribution in [0.3, 0.4) is 0 Å². The molecule has 1 aromatic heterocycles. The van der Waals surface area contributed by atoms with Gasteiger partial charge in [0.05, 0.1) is 12.7 Å². The van der Waals surface area contributed by atoms with Crippen molar-refractivity contribution in [2.75, 3.05) is 38.1 Å². The minimum absolute atomic E-state index is 0.0635. The Labute approximate surface area is 153 Å². The molecule has 2 aliphatic heterocycles. The van der Waals surface area contributed by atoms with E-state index in [0.717, 1.165) is 5.56 Å². The Balaban J connectivity index is 1.76. The number of fused-ring (bicyclic) bond motifs is 1. The fourth-order valence-corrected chi connectivity index (χ4v) is 3.28. The van der Waals surface area contributed by atoms with E-state index in [9.17, 15) is 9.59 Å². The van der Waals surface area contributed by atoms with Crippen molar-refractivity contribution in [1.29, 1.82) is 0 Å². The summed E-state index contributed by atoms with van der Waals surface area (Å²) in [5.41, 5.74) is 1.33. The number of hydrogen-bond acceptors (Lipinski definition) is 6. The lowest BCUT2D eigenvalue weighted by molar-refractivity contribution is -0.135. The quantitative estimate of drug-likeness (QED) is 0.798. The number of ether oxygens (including phenoxy) is 1. The van der Waals surface area contributed by atoms with Gasteiger partial charge < -0.3 is 20.3 Å². The first-order valence-electron chi connectivity index (χ1n) is 9.23. The summed E-state index contributed by atoms with van der Waals surface area (Å²) in [5.74, 6) is 1.71. The molecule has 3 rings (SSSR count). The van der Waals surface area contributed by atoms with Gasteiger partial charge in [0, 0.05) is 45.1 Å². The van der Waals surface area contributed by atoms with Crippen LogP contribution in [-0.2, 0) is 22.4 Å². The number of nitrogens with zero attached hydrogens (tertiary/aromatic N) is 3. The van der Waals surface area contributed by atoms with Crippen molar-refractivity contribution in [3.8, 4) is 0 Å². The number of rotatable bonds is 5. The molecule has 142 valence electrons. The van der Waals surface area contributed by atoms with E-state index >= 15 is 0 Å². The predicted molar refractivity (Wildman–Crippen MR) is 97.1 cm³/mol. The van der Waals surface area contributed by atoms with Gasteiger partial charge in [-0.1, -0.05) is 13.8 Å². The minimum Gasteiger partial charge on any atom is -0.373 e. The van der Waals surface area contributed by atoms with Gasteiger partial charge in [0.25, 0.3) is 5.91 Å². The normalized spacial score (nSPS) is 19.9. The first-order chi connectivity index (χ1) is 12.4. The molecule has 8 heteroatoms. The highest BCUT2D eigenvalue weighted by atomic mass is 16.5. The molecule has 26 heavy (non-hydrogen) atoms. The van der Waals surface area contributed by atoms with E-state index in [1.165, 1.54) is 0 Å². The fraction of sp³-hybridized carbons (Fsp3) is 0.667. The highest BCUT2D eigenvalue weighted by Crippen LogP contribution is 2.22. The van der Waals surface area contributed by atoms with Crippen LogP contribution in [0.15, 0.2) is 0 Å². The lowest BCUT2D eigenvalue weighted by atomic mass is 10.0. The molecule has 1 aromatic rings. The van der Waals surface area contributed by atoms with E-state index in [1.54, 1.807) is 11.8 Å². The minimum atomic E-state index is -0.140. The van der Waals surface area contributed by atoms with Gasteiger partial charge in [-0.15, -0.1) is 0 Å². The molecule has 3 heterocycles. The highest BCUT2D eigenvalue weighted by molar-refractivity contribution is 5.96. The van der Waals surface area contributed by atoms with Crippen LogP contribution in [0.5, 0.6) is 0 Å². The van der Waals surface area contributed by atoms with Crippen molar-refractivity contribution < 1.29 is 14.3 Å². The lowest BCUT2D eigenvalue weighted by Gasteiger charge is -2.32. The van der Waals surface area contributed by atoms with Gasteiger partial charge in [-0.3, -0.25) is 9.59 Å². The van der Waals surface area contributed by atoms with Crippen molar-refractivity contribution in [3.05, 3.63) is 17.1 Å². The van der Waals surface area contributed by atoms with Gasteiger partial charge in [-0.2, -0.15) is 0 Å². The molecule has 0 radical (unpaired) electrons. The largest absolute Gasteiger partial charge is 0.373 e. The second-order valence-electron chi connectivity index (χ2n) is 7.26. The van der Waals surface area contributed by atoms with E-state index in [4.69, 9.17) is 4.74 Å². The Morgan fingerprint density at radius 3 is 2.96 bits per heavy atom. The summed E-state index contributed by atoms with van der Waals surface area (Å²) in [5, 5.41) is 6.19. The smallest absolute Gasteiger partial charge is 0.270 e. The molecule has 2 aliphatic rings. The monoisotopic (exact) mass is 361 g/mol. The Bertz CT molecular complexity index is 692. The number of morpholine rings is 1. The molecule has 0 spiro atoms. The molecule has 1 saturated heterocycles. The van der Waals surface area contributed by atoms with Crippen molar-refractivity contribution in [2.24, 2.45) is 5.92 Å². The third-order valence-electron chi connectivity index (χ3n) is 4.60. The van der Waals surface area contributed by atoms with Gasteiger partial charge in [0.2, 0.25) is 5.91 Å². The molecule has 0 bridgehead atoms. The molecule has 0 saturated carbocycles. The SMILES string of the molecule is CC(=O)N1CCOC(CNc2nc(CC(C)C)nc3c2CCNC3=O)C1. The molecule has 2 N–H and O–H groups in total. The average molecular weight is 361 g/mol. The number of aromatic nitrogens is 2. The van der Waals surface area contributed by atoms with E-state index in [2.05, 4.69) is 34.4 Å².